The first kappa shape index (κ1) is 24.8. The van der Waals surface area contributed by atoms with Crippen molar-refractivity contribution in [3.05, 3.63) is 72.8 Å². The van der Waals surface area contributed by atoms with Gasteiger partial charge in [-0.1, -0.05) is 56.8 Å². The van der Waals surface area contributed by atoms with Crippen LogP contribution in [0.4, 0.5) is 0 Å². The fraction of sp³-hybridized carbons (Fsp3) is 0.500. The van der Waals surface area contributed by atoms with Crippen LogP contribution in [0.15, 0.2) is 72.8 Å². The summed E-state index contributed by atoms with van der Waals surface area (Å²) in [5, 5.41) is 10.7. The third-order valence-corrected chi connectivity index (χ3v) is 8.01. The molecule has 6 nitrogen and oxygen atoms in total. The molecule has 1 N–H and O–H groups in total. The van der Waals surface area contributed by atoms with E-state index in [1.165, 1.54) is 0 Å². The molecule has 36 heavy (non-hydrogen) atoms. The number of rotatable bonds is 9. The van der Waals surface area contributed by atoms with Crippen molar-refractivity contribution >= 4 is 5.97 Å². The molecule has 3 aliphatic carbocycles. The smallest absolute Gasteiger partial charge is 0.333 e. The van der Waals surface area contributed by atoms with Crippen LogP contribution in [0.25, 0.3) is 0 Å². The fourth-order valence-corrected chi connectivity index (χ4v) is 6.41. The number of carbonyl (C=O) groups is 1. The van der Waals surface area contributed by atoms with Crippen LogP contribution in [0.5, 0.6) is 11.5 Å². The average molecular weight is 493 g/mol. The molecule has 2 bridgehead atoms. The van der Waals surface area contributed by atoms with Crippen LogP contribution in [0.3, 0.4) is 0 Å². The topological polar surface area (TPSA) is 74.2 Å². The van der Waals surface area contributed by atoms with Crippen molar-refractivity contribution in [2.75, 3.05) is 0 Å². The molecule has 0 aliphatic heterocycles. The summed E-state index contributed by atoms with van der Waals surface area (Å²) in [4.78, 5) is 12.5. The van der Waals surface area contributed by atoms with Crippen molar-refractivity contribution in [3.8, 4) is 11.5 Å². The number of carbonyl (C=O) groups excluding carboxylic acids is 1. The first-order valence-electron chi connectivity index (χ1n) is 13.0. The zero-order valence-corrected chi connectivity index (χ0v) is 21.2. The van der Waals surface area contributed by atoms with Crippen molar-refractivity contribution in [1.29, 1.82) is 0 Å². The number of aliphatic hydroxyl groups is 1. The van der Waals surface area contributed by atoms with Crippen LogP contribution in [0.1, 0.15) is 33.6 Å². The molecule has 192 valence electrons. The Kier molecular flexibility index (Phi) is 7.09. The van der Waals surface area contributed by atoms with Crippen LogP contribution in [-0.2, 0) is 14.3 Å². The monoisotopic (exact) mass is 492 g/mol. The minimum Gasteiger partial charge on any atom is -0.487 e. The summed E-state index contributed by atoms with van der Waals surface area (Å²) in [5.74, 6) is 1.81. The Morgan fingerprint density at radius 2 is 1.44 bits per heavy atom. The Morgan fingerprint density at radius 3 is 2.00 bits per heavy atom. The second kappa shape index (κ2) is 10.3. The Hall–Kier alpha value is -2.83. The van der Waals surface area contributed by atoms with E-state index >= 15 is 0 Å². The first-order valence-corrected chi connectivity index (χ1v) is 13.0. The summed E-state index contributed by atoms with van der Waals surface area (Å²) < 4.78 is 25.3. The van der Waals surface area contributed by atoms with Crippen molar-refractivity contribution in [2.24, 2.45) is 29.6 Å². The van der Waals surface area contributed by atoms with Crippen molar-refractivity contribution < 1.29 is 28.8 Å². The van der Waals surface area contributed by atoms with Crippen molar-refractivity contribution in [2.45, 2.75) is 64.3 Å². The van der Waals surface area contributed by atoms with Gasteiger partial charge in [-0.15, -0.1) is 0 Å². The molecule has 0 spiro atoms. The number of hydrogen-bond donors (Lipinski definition) is 1. The van der Waals surface area contributed by atoms with Crippen LogP contribution in [0, 0.1) is 29.6 Å². The van der Waals surface area contributed by atoms with E-state index in [9.17, 15) is 9.90 Å². The number of para-hydroxylation sites is 2. The zero-order valence-electron chi connectivity index (χ0n) is 21.2. The summed E-state index contributed by atoms with van der Waals surface area (Å²) in [6, 6.07) is 19.4. The third kappa shape index (κ3) is 4.76. The van der Waals surface area contributed by atoms with Gasteiger partial charge in [-0.25, -0.2) is 4.79 Å². The maximum absolute atomic E-state index is 12.5. The normalized spacial score (nSPS) is 33.2. The highest BCUT2D eigenvalue weighted by Crippen LogP contribution is 2.61. The molecule has 2 aromatic carbocycles. The second-order valence-corrected chi connectivity index (χ2v) is 10.8. The molecule has 0 amide bonds. The zero-order chi connectivity index (χ0) is 25.4. The SMILES string of the molecule is C=C(C)C(=O)OC1CC2C3CC(C(OC(O)C(C)C)C3Oc3ccccc3)C2C1Oc1ccccc1. The maximum atomic E-state index is 12.5. The highest BCUT2D eigenvalue weighted by molar-refractivity contribution is 5.87. The largest absolute Gasteiger partial charge is 0.487 e. The van der Waals surface area contributed by atoms with Gasteiger partial charge in [0, 0.05) is 23.3 Å². The van der Waals surface area contributed by atoms with E-state index in [1.807, 2.05) is 74.5 Å². The molecule has 6 heteroatoms. The van der Waals surface area contributed by atoms with Gasteiger partial charge in [0.1, 0.15) is 35.9 Å². The molecular formula is C30H36O6. The van der Waals surface area contributed by atoms with Gasteiger partial charge in [0.2, 0.25) is 0 Å². The summed E-state index contributed by atoms with van der Waals surface area (Å²) in [6.07, 6.45) is -0.432. The highest BCUT2D eigenvalue weighted by Gasteiger charge is 2.67. The quantitative estimate of drug-likeness (QED) is 0.301. The lowest BCUT2D eigenvalue weighted by molar-refractivity contribution is -0.203. The van der Waals surface area contributed by atoms with Gasteiger partial charge in [-0.2, -0.15) is 0 Å². The molecule has 0 radical (unpaired) electrons. The van der Waals surface area contributed by atoms with Gasteiger partial charge >= 0.3 is 5.97 Å². The van der Waals surface area contributed by atoms with E-state index < -0.39 is 12.3 Å². The number of hydrogen-bond acceptors (Lipinski definition) is 6. The van der Waals surface area contributed by atoms with E-state index in [4.69, 9.17) is 18.9 Å². The standard InChI is InChI=1S/C30H36O6/c1-17(2)29(31)35-24-16-21-22-15-23(25(21)28(24)34-20-13-9-6-10-14-20)27(36-30(32)18(3)4)26(22)33-19-11-7-5-8-12-19/h5-14,18,21-28,30,32H,1,15-16H2,2-4H3. The Labute approximate surface area is 213 Å². The van der Waals surface area contributed by atoms with Gasteiger partial charge in [-0.3, -0.25) is 0 Å². The third-order valence-electron chi connectivity index (χ3n) is 8.01. The summed E-state index contributed by atoms with van der Waals surface area (Å²) >= 11 is 0. The van der Waals surface area contributed by atoms with Crippen molar-refractivity contribution in [3.63, 3.8) is 0 Å². The minimum absolute atomic E-state index is 0.0403. The van der Waals surface area contributed by atoms with Gasteiger partial charge < -0.3 is 24.1 Å². The number of benzene rings is 2. The molecule has 0 heterocycles. The lowest BCUT2D eigenvalue weighted by Crippen LogP contribution is -2.50. The molecule has 5 rings (SSSR count). The first-order chi connectivity index (χ1) is 17.3. The highest BCUT2D eigenvalue weighted by atomic mass is 16.6. The Balaban J connectivity index is 1.45. The molecule has 0 saturated heterocycles. The Bertz CT molecular complexity index is 1050. The number of fused-ring (bicyclic) bond motifs is 5. The lowest BCUT2D eigenvalue weighted by atomic mass is 9.77. The molecule has 0 aromatic heterocycles. The summed E-state index contributed by atoms with van der Waals surface area (Å²) in [5.41, 5.74) is 0.375. The van der Waals surface area contributed by atoms with Crippen LogP contribution in [0.2, 0.25) is 0 Å². The average Bonchev–Trinajstić information content (AvgIpc) is 3.50. The van der Waals surface area contributed by atoms with E-state index in [0.29, 0.717) is 12.0 Å². The maximum Gasteiger partial charge on any atom is 0.333 e. The number of esters is 1. The fourth-order valence-electron chi connectivity index (χ4n) is 6.41. The number of aliphatic hydroxyl groups excluding tert-OH is 1. The predicted octanol–water partition coefficient (Wildman–Crippen LogP) is 5.01. The predicted molar refractivity (Wildman–Crippen MR) is 135 cm³/mol. The van der Waals surface area contributed by atoms with Gasteiger partial charge in [0.25, 0.3) is 0 Å². The van der Waals surface area contributed by atoms with E-state index in [1.54, 1.807) is 6.92 Å². The van der Waals surface area contributed by atoms with Gasteiger partial charge in [0.15, 0.2) is 6.29 Å². The molecule has 9 atom stereocenters. The summed E-state index contributed by atoms with van der Waals surface area (Å²) in [6.45, 7) is 9.30. The van der Waals surface area contributed by atoms with E-state index in [-0.39, 0.29) is 54.0 Å². The van der Waals surface area contributed by atoms with E-state index in [2.05, 4.69) is 6.58 Å². The van der Waals surface area contributed by atoms with Crippen molar-refractivity contribution in [1.82, 2.24) is 0 Å². The molecule has 9 unspecified atom stereocenters. The van der Waals surface area contributed by atoms with Gasteiger partial charge in [-0.05, 0) is 55.9 Å². The van der Waals surface area contributed by atoms with Crippen LogP contribution in [-0.4, -0.2) is 41.8 Å². The summed E-state index contributed by atoms with van der Waals surface area (Å²) in [7, 11) is 0. The second-order valence-electron chi connectivity index (χ2n) is 10.8. The Morgan fingerprint density at radius 1 is 0.861 bits per heavy atom. The molecule has 2 aromatic rings. The molecule has 3 aliphatic rings. The number of ether oxygens (including phenoxy) is 4. The minimum atomic E-state index is -0.887. The van der Waals surface area contributed by atoms with Gasteiger partial charge in [0.05, 0.1) is 0 Å². The molecule has 3 saturated carbocycles. The van der Waals surface area contributed by atoms with E-state index in [0.717, 1.165) is 17.9 Å². The lowest BCUT2D eigenvalue weighted by Gasteiger charge is -2.40. The molecule has 3 fully saturated rings. The van der Waals surface area contributed by atoms with Crippen LogP contribution >= 0.6 is 0 Å². The van der Waals surface area contributed by atoms with Crippen LogP contribution < -0.4 is 9.47 Å². The molecular weight excluding hydrogens is 456 g/mol.